The molecule has 0 heterocycles. The first-order valence-electron chi connectivity index (χ1n) is 7.44. The minimum absolute atomic E-state index is 0.0140. The maximum absolute atomic E-state index is 13.1. The molecule has 2 aromatic carbocycles. The largest absolute Gasteiger partial charge is 0.349 e. The van der Waals surface area contributed by atoms with Gasteiger partial charge in [0.1, 0.15) is 5.82 Å². The van der Waals surface area contributed by atoms with Gasteiger partial charge in [-0.2, -0.15) is 0 Å². The Morgan fingerprint density at radius 1 is 1.21 bits per heavy atom. The van der Waals surface area contributed by atoms with Crippen LogP contribution in [0.1, 0.15) is 30.5 Å². The Hall–Kier alpha value is -2.40. The lowest BCUT2D eigenvalue weighted by Gasteiger charge is -2.19. The van der Waals surface area contributed by atoms with Crippen molar-refractivity contribution in [2.24, 2.45) is 0 Å². The van der Waals surface area contributed by atoms with E-state index in [1.807, 2.05) is 0 Å². The Kier molecular flexibility index (Phi) is 5.93. The van der Waals surface area contributed by atoms with Gasteiger partial charge < -0.3 is 10.6 Å². The van der Waals surface area contributed by atoms with E-state index < -0.39 is 6.04 Å². The molecule has 1 unspecified atom stereocenters. The maximum Gasteiger partial charge on any atom is 0.226 e. The molecule has 2 N–H and O–H groups in total. The summed E-state index contributed by atoms with van der Waals surface area (Å²) in [6, 6.07) is 10.6. The lowest BCUT2D eigenvalue weighted by Crippen LogP contribution is -2.30. The van der Waals surface area contributed by atoms with Crippen molar-refractivity contribution in [2.45, 2.75) is 26.3 Å². The number of hydrogen-bond acceptors (Lipinski definition) is 2. The molecule has 2 amide bonds. The van der Waals surface area contributed by atoms with Gasteiger partial charge in [-0.3, -0.25) is 9.59 Å². The normalized spacial score (nSPS) is 11.7. The predicted molar refractivity (Wildman–Crippen MR) is 92.4 cm³/mol. The summed E-state index contributed by atoms with van der Waals surface area (Å²) < 4.78 is 13.1. The van der Waals surface area contributed by atoms with Crippen LogP contribution in [0.3, 0.4) is 0 Å². The van der Waals surface area contributed by atoms with Crippen LogP contribution >= 0.6 is 11.6 Å². The lowest BCUT2D eigenvalue weighted by molar-refractivity contribution is -0.120. The van der Waals surface area contributed by atoms with Crippen molar-refractivity contribution in [3.05, 3.63) is 64.4 Å². The fraction of sp³-hybridized carbons (Fsp3) is 0.222. The third-order valence-corrected chi connectivity index (χ3v) is 3.85. The SMILES string of the molecule is CC(=O)NC(CC(=O)Nc1ccc(F)cc1C)c1ccccc1Cl. The molecule has 2 rings (SSSR count). The van der Waals surface area contributed by atoms with Gasteiger partial charge in [0, 0.05) is 17.6 Å². The van der Waals surface area contributed by atoms with E-state index >= 15 is 0 Å². The van der Waals surface area contributed by atoms with Crippen LogP contribution in [0, 0.1) is 12.7 Å². The molecule has 0 bridgehead atoms. The molecule has 0 aromatic heterocycles. The fourth-order valence-corrected chi connectivity index (χ4v) is 2.66. The number of anilines is 1. The second-order valence-corrected chi connectivity index (χ2v) is 5.89. The minimum Gasteiger partial charge on any atom is -0.349 e. The van der Waals surface area contributed by atoms with Crippen LogP contribution in [0.2, 0.25) is 5.02 Å². The lowest BCUT2D eigenvalue weighted by atomic mass is 10.0. The van der Waals surface area contributed by atoms with E-state index in [-0.39, 0.29) is 24.1 Å². The summed E-state index contributed by atoms with van der Waals surface area (Å²) >= 11 is 6.16. The smallest absolute Gasteiger partial charge is 0.226 e. The Morgan fingerprint density at radius 3 is 2.54 bits per heavy atom. The zero-order chi connectivity index (χ0) is 17.7. The molecule has 0 saturated heterocycles. The monoisotopic (exact) mass is 348 g/mol. The van der Waals surface area contributed by atoms with Gasteiger partial charge in [0.2, 0.25) is 11.8 Å². The molecule has 0 spiro atoms. The number of carbonyl (C=O) groups is 2. The van der Waals surface area contributed by atoms with Gasteiger partial charge >= 0.3 is 0 Å². The summed E-state index contributed by atoms with van der Waals surface area (Å²) in [7, 11) is 0. The zero-order valence-corrected chi connectivity index (χ0v) is 14.2. The second kappa shape index (κ2) is 7.93. The van der Waals surface area contributed by atoms with Gasteiger partial charge in [-0.1, -0.05) is 29.8 Å². The van der Waals surface area contributed by atoms with Crippen LogP contribution < -0.4 is 10.6 Å². The number of benzene rings is 2. The van der Waals surface area contributed by atoms with E-state index in [0.717, 1.165) is 0 Å². The molecule has 0 fully saturated rings. The summed E-state index contributed by atoms with van der Waals surface area (Å²) in [5.41, 5.74) is 1.82. The first-order valence-corrected chi connectivity index (χ1v) is 7.82. The topological polar surface area (TPSA) is 58.2 Å². The highest BCUT2D eigenvalue weighted by molar-refractivity contribution is 6.31. The van der Waals surface area contributed by atoms with Gasteiger partial charge in [0.15, 0.2) is 0 Å². The van der Waals surface area contributed by atoms with Crippen molar-refractivity contribution in [1.29, 1.82) is 0 Å². The molecule has 6 heteroatoms. The van der Waals surface area contributed by atoms with Gasteiger partial charge in [0.25, 0.3) is 0 Å². The highest BCUT2D eigenvalue weighted by Gasteiger charge is 2.19. The molecule has 4 nitrogen and oxygen atoms in total. The van der Waals surface area contributed by atoms with Gasteiger partial charge in [-0.25, -0.2) is 4.39 Å². The van der Waals surface area contributed by atoms with E-state index in [1.54, 1.807) is 31.2 Å². The third kappa shape index (κ3) is 4.80. The number of nitrogens with one attached hydrogen (secondary N) is 2. The molecular formula is C18H18ClFN2O2. The van der Waals surface area contributed by atoms with Crippen LogP contribution in [-0.4, -0.2) is 11.8 Å². The number of halogens is 2. The fourth-order valence-electron chi connectivity index (χ4n) is 2.40. The highest BCUT2D eigenvalue weighted by atomic mass is 35.5. The van der Waals surface area contributed by atoms with E-state index in [0.29, 0.717) is 21.8 Å². The summed E-state index contributed by atoms with van der Waals surface area (Å²) in [6.45, 7) is 3.09. The van der Waals surface area contributed by atoms with Crippen LogP contribution in [-0.2, 0) is 9.59 Å². The third-order valence-electron chi connectivity index (χ3n) is 3.51. The number of amides is 2. The molecule has 0 aliphatic rings. The van der Waals surface area contributed by atoms with E-state index in [9.17, 15) is 14.0 Å². The van der Waals surface area contributed by atoms with Gasteiger partial charge in [-0.05, 0) is 42.3 Å². The molecule has 126 valence electrons. The van der Waals surface area contributed by atoms with E-state index in [2.05, 4.69) is 10.6 Å². The number of carbonyl (C=O) groups excluding carboxylic acids is 2. The van der Waals surface area contributed by atoms with Gasteiger partial charge in [0.05, 0.1) is 12.5 Å². The highest BCUT2D eigenvalue weighted by Crippen LogP contribution is 2.26. The number of rotatable bonds is 5. The summed E-state index contributed by atoms with van der Waals surface area (Å²) in [6.07, 6.45) is 0.0140. The van der Waals surface area contributed by atoms with Crippen molar-refractivity contribution < 1.29 is 14.0 Å². The first-order chi connectivity index (χ1) is 11.4. The molecule has 0 radical (unpaired) electrons. The van der Waals surface area contributed by atoms with Crippen molar-refractivity contribution in [3.8, 4) is 0 Å². The quantitative estimate of drug-likeness (QED) is 0.858. The number of hydrogen-bond donors (Lipinski definition) is 2. The van der Waals surface area contributed by atoms with Crippen molar-refractivity contribution >= 4 is 29.1 Å². The van der Waals surface area contributed by atoms with Crippen molar-refractivity contribution in [1.82, 2.24) is 5.32 Å². The predicted octanol–water partition coefficient (Wildman–Crippen LogP) is 3.99. The van der Waals surface area contributed by atoms with Crippen LogP contribution in [0.15, 0.2) is 42.5 Å². The molecule has 0 aliphatic carbocycles. The Bertz CT molecular complexity index is 764. The summed E-state index contributed by atoms with van der Waals surface area (Å²) in [4.78, 5) is 23.8. The molecule has 1 atom stereocenters. The van der Waals surface area contributed by atoms with E-state index in [4.69, 9.17) is 11.6 Å². The average Bonchev–Trinajstić information content (AvgIpc) is 2.49. The Labute approximate surface area is 145 Å². The van der Waals surface area contributed by atoms with E-state index in [1.165, 1.54) is 25.1 Å². The van der Waals surface area contributed by atoms with Crippen molar-refractivity contribution in [2.75, 3.05) is 5.32 Å². The molecule has 24 heavy (non-hydrogen) atoms. The van der Waals surface area contributed by atoms with Crippen LogP contribution in [0.5, 0.6) is 0 Å². The molecular weight excluding hydrogens is 331 g/mol. The van der Waals surface area contributed by atoms with Crippen molar-refractivity contribution in [3.63, 3.8) is 0 Å². The maximum atomic E-state index is 13.1. The second-order valence-electron chi connectivity index (χ2n) is 5.49. The Balaban J connectivity index is 2.15. The Morgan fingerprint density at radius 2 is 1.92 bits per heavy atom. The van der Waals surface area contributed by atoms with Gasteiger partial charge in [-0.15, -0.1) is 0 Å². The summed E-state index contributed by atoms with van der Waals surface area (Å²) in [5.74, 6) is -0.924. The first kappa shape index (κ1) is 17.9. The average molecular weight is 349 g/mol. The zero-order valence-electron chi connectivity index (χ0n) is 13.4. The number of aryl methyl sites for hydroxylation is 1. The van der Waals surface area contributed by atoms with Crippen LogP contribution in [0.25, 0.3) is 0 Å². The molecule has 2 aromatic rings. The molecule has 0 aliphatic heterocycles. The standard InChI is InChI=1S/C18H18ClFN2O2/c1-11-9-13(20)7-8-16(11)22-18(24)10-17(21-12(2)23)14-5-3-4-6-15(14)19/h3-9,17H,10H2,1-2H3,(H,21,23)(H,22,24). The minimum atomic E-state index is -0.544. The molecule has 0 saturated carbocycles. The summed E-state index contributed by atoms with van der Waals surface area (Å²) in [5, 5.41) is 5.94. The van der Waals surface area contributed by atoms with Crippen LogP contribution in [0.4, 0.5) is 10.1 Å².